The Hall–Kier alpha value is -3.19. The summed E-state index contributed by atoms with van der Waals surface area (Å²) in [6, 6.07) is 12.4. The van der Waals surface area contributed by atoms with Crippen LogP contribution in [-0.2, 0) is 20.9 Å². The van der Waals surface area contributed by atoms with Crippen molar-refractivity contribution in [3.63, 3.8) is 0 Å². The van der Waals surface area contributed by atoms with Gasteiger partial charge in [0.05, 0.1) is 26.4 Å². The topological polar surface area (TPSA) is 83.1 Å². The Morgan fingerprint density at radius 3 is 2.36 bits per heavy atom. The van der Waals surface area contributed by atoms with E-state index in [2.05, 4.69) is 5.32 Å². The van der Waals surface area contributed by atoms with E-state index < -0.39 is 12.1 Å². The van der Waals surface area contributed by atoms with Gasteiger partial charge in [0, 0.05) is 0 Å². The van der Waals surface area contributed by atoms with Gasteiger partial charge in [-0.05, 0) is 29.3 Å². The van der Waals surface area contributed by atoms with Gasteiger partial charge in [-0.3, -0.25) is 5.32 Å². The highest BCUT2D eigenvalue weighted by Crippen LogP contribution is 2.38. The fourth-order valence-electron chi connectivity index (χ4n) is 2.30. The summed E-state index contributed by atoms with van der Waals surface area (Å²) in [6.45, 7) is 0.0538. The molecular formula is C20H20ClNO6. The SMILES string of the molecule is COC(=O)/C(=C/c1ccc(OC)c(OC)c1Cl)NC(=O)OCc1ccccc1. The molecule has 0 aliphatic heterocycles. The first-order chi connectivity index (χ1) is 13.5. The molecule has 148 valence electrons. The molecule has 0 aliphatic rings. The lowest BCUT2D eigenvalue weighted by Crippen LogP contribution is -2.28. The number of halogens is 1. The van der Waals surface area contributed by atoms with Crippen LogP contribution in [0.2, 0.25) is 5.02 Å². The predicted octanol–water partition coefficient (Wildman–Crippen LogP) is 3.80. The fourth-order valence-corrected chi connectivity index (χ4v) is 2.58. The van der Waals surface area contributed by atoms with Crippen LogP contribution in [0.3, 0.4) is 0 Å². The van der Waals surface area contributed by atoms with Gasteiger partial charge in [-0.1, -0.05) is 41.9 Å². The van der Waals surface area contributed by atoms with Crippen LogP contribution in [0.15, 0.2) is 48.2 Å². The first-order valence-corrected chi connectivity index (χ1v) is 8.56. The Balaban J connectivity index is 2.21. The van der Waals surface area contributed by atoms with E-state index in [0.717, 1.165) is 5.56 Å². The summed E-state index contributed by atoms with van der Waals surface area (Å²) in [7, 11) is 4.12. The molecule has 0 heterocycles. The van der Waals surface area contributed by atoms with Gasteiger partial charge < -0.3 is 18.9 Å². The lowest BCUT2D eigenvalue weighted by Gasteiger charge is -2.13. The molecule has 1 amide bonds. The van der Waals surface area contributed by atoms with Crippen molar-refractivity contribution in [2.75, 3.05) is 21.3 Å². The minimum Gasteiger partial charge on any atom is -0.493 e. The monoisotopic (exact) mass is 405 g/mol. The zero-order valence-electron chi connectivity index (χ0n) is 15.7. The lowest BCUT2D eigenvalue weighted by atomic mass is 10.1. The maximum absolute atomic E-state index is 12.1. The zero-order valence-corrected chi connectivity index (χ0v) is 16.4. The van der Waals surface area contributed by atoms with Gasteiger partial charge >= 0.3 is 12.1 Å². The quantitative estimate of drug-likeness (QED) is 0.557. The molecule has 0 spiro atoms. The molecule has 0 aliphatic carbocycles. The average Bonchev–Trinajstić information content (AvgIpc) is 2.72. The molecule has 0 aromatic heterocycles. The number of hydrogen-bond acceptors (Lipinski definition) is 6. The van der Waals surface area contributed by atoms with Crippen molar-refractivity contribution in [2.45, 2.75) is 6.61 Å². The largest absolute Gasteiger partial charge is 0.493 e. The van der Waals surface area contributed by atoms with E-state index in [4.69, 9.17) is 30.5 Å². The highest BCUT2D eigenvalue weighted by atomic mass is 35.5. The van der Waals surface area contributed by atoms with E-state index >= 15 is 0 Å². The minimum atomic E-state index is -0.808. The maximum atomic E-state index is 12.1. The molecule has 0 radical (unpaired) electrons. The molecule has 8 heteroatoms. The van der Waals surface area contributed by atoms with Gasteiger partial charge in [0.25, 0.3) is 0 Å². The smallest absolute Gasteiger partial charge is 0.412 e. The molecule has 2 rings (SSSR count). The number of benzene rings is 2. The molecule has 0 saturated heterocycles. The van der Waals surface area contributed by atoms with Crippen molar-refractivity contribution in [1.29, 1.82) is 0 Å². The van der Waals surface area contributed by atoms with Crippen molar-refractivity contribution in [3.8, 4) is 11.5 Å². The van der Waals surface area contributed by atoms with Crippen molar-refractivity contribution in [1.82, 2.24) is 5.32 Å². The van der Waals surface area contributed by atoms with E-state index in [1.165, 1.54) is 27.4 Å². The molecule has 0 atom stereocenters. The maximum Gasteiger partial charge on any atom is 0.412 e. The van der Waals surface area contributed by atoms with E-state index in [1.54, 1.807) is 12.1 Å². The molecule has 0 saturated carbocycles. The van der Waals surface area contributed by atoms with Gasteiger partial charge in [-0.25, -0.2) is 9.59 Å². The van der Waals surface area contributed by atoms with Crippen molar-refractivity contribution in [3.05, 3.63) is 64.3 Å². The first kappa shape index (κ1) is 21.1. The van der Waals surface area contributed by atoms with E-state index in [9.17, 15) is 9.59 Å². The average molecular weight is 406 g/mol. The van der Waals surface area contributed by atoms with Crippen LogP contribution in [-0.4, -0.2) is 33.4 Å². The number of esters is 1. The number of rotatable bonds is 7. The molecular weight excluding hydrogens is 386 g/mol. The van der Waals surface area contributed by atoms with E-state index in [1.807, 2.05) is 30.3 Å². The normalized spacial score (nSPS) is 10.8. The summed E-state index contributed by atoms with van der Waals surface area (Å²) in [5.41, 5.74) is 1.09. The highest BCUT2D eigenvalue weighted by molar-refractivity contribution is 6.34. The second kappa shape index (κ2) is 10.2. The number of carbonyl (C=O) groups excluding carboxylic acids is 2. The summed E-state index contributed by atoms with van der Waals surface area (Å²) >= 11 is 6.32. The Labute approximate surface area is 167 Å². The summed E-state index contributed by atoms with van der Waals surface area (Å²) in [4.78, 5) is 24.1. The molecule has 2 aromatic carbocycles. The van der Waals surface area contributed by atoms with Gasteiger partial charge in [0.15, 0.2) is 11.5 Å². The van der Waals surface area contributed by atoms with Crippen LogP contribution in [0.4, 0.5) is 4.79 Å². The fraction of sp³-hybridized carbons (Fsp3) is 0.200. The van der Waals surface area contributed by atoms with Crippen molar-refractivity contribution >= 4 is 29.7 Å². The molecule has 7 nitrogen and oxygen atoms in total. The third-order valence-corrected chi connectivity index (χ3v) is 4.06. The molecule has 1 N–H and O–H groups in total. The molecule has 28 heavy (non-hydrogen) atoms. The van der Waals surface area contributed by atoms with Gasteiger partial charge in [0.2, 0.25) is 0 Å². The Kier molecular flexibility index (Phi) is 7.71. The van der Waals surface area contributed by atoms with Crippen LogP contribution < -0.4 is 14.8 Å². The Bertz CT molecular complexity index is 866. The summed E-state index contributed by atoms with van der Waals surface area (Å²) in [6.07, 6.45) is 0.553. The van der Waals surface area contributed by atoms with E-state index in [0.29, 0.717) is 17.1 Å². The zero-order chi connectivity index (χ0) is 20.5. The molecule has 0 fully saturated rings. The second-order valence-electron chi connectivity index (χ2n) is 5.44. The number of nitrogens with one attached hydrogen (secondary N) is 1. The standard InChI is InChI=1S/C20H20ClNO6/c1-25-16-10-9-14(17(21)18(16)26-2)11-15(19(23)27-3)22-20(24)28-12-13-7-5-4-6-8-13/h4-11H,12H2,1-3H3,(H,22,24)/b15-11-. The summed E-state index contributed by atoms with van der Waals surface area (Å²) < 4.78 is 20.2. The number of amides is 1. The number of methoxy groups -OCH3 is 3. The van der Waals surface area contributed by atoms with Gasteiger partial charge in [-0.15, -0.1) is 0 Å². The third kappa shape index (κ3) is 5.40. The lowest BCUT2D eigenvalue weighted by molar-refractivity contribution is -0.136. The van der Waals surface area contributed by atoms with Gasteiger partial charge in [-0.2, -0.15) is 0 Å². The Morgan fingerprint density at radius 1 is 1.04 bits per heavy atom. The number of carbonyl (C=O) groups is 2. The third-order valence-electron chi connectivity index (χ3n) is 3.67. The number of hydrogen-bond donors (Lipinski definition) is 1. The second-order valence-corrected chi connectivity index (χ2v) is 5.82. The summed E-state index contributed by atoms with van der Waals surface area (Å²) in [5.74, 6) is -0.0317. The molecule has 2 aromatic rings. The number of alkyl carbamates (subject to hydrolysis) is 1. The van der Waals surface area contributed by atoms with Crippen LogP contribution >= 0.6 is 11.6 Å². The highest BCUT2D eigenvalue weighted by Gasteiger charge is 2.18. The van der Waals surface area contributed by atoms with Crippen LogP contribution in [0.5, 0.6) is 11.5 Å². The van der Waals surface area contributed by atoms with Crippen molar-refractivity contribution in [2.24, 2.45) is 0 Å². The van der Waals surface area contributed by atoms with Crippen LogP contribution in [0.1, 0.15) is 11.1 Å². The van der Waals surface area contributed by atoms with Crippen LogP contribution in [0.25, 0.3) is 6.08 Å². The van der Waals surface area contributed by atoms with Crippen molar-refractivity contribution < 1.29 is 28.5 Å². The van der Waals surface area contributed by atoms with Crippen LogP contribution in [0, 0.1) is 0 Å². The number of ether oxygens (including phenoxy) is 4. The Morgan fingerprint density at radius 2 is 1.75 bits per heavy atom. The minimum absolute atomic E-state index is 0.0538. The molecule has 0 bridgehead atoms. The van der Waals surface area contributed by atoms with E-state index in [-0.39, 0.29) is 17.3 Å². The first-order valence-electron chi connectivity index (χ1n) is 8.18. The summed E-state index contributed by atoms with van der Waals surface area (Å²) in [5, 5.41) is 2.59. The molecule has 0 unspecified atom stereocenters. The van der Waals surface area contributed by atoms with Gasteiger partial charge in [0.1, 0.15) is 12.3 Å². The predicted molar refractivity (Wildman–Crippen MR) is 104 cm³/mol.